The summed E-state index contributed by atoms with van der Waals surface area (Å²) in [5, 5.41) is 11.5. The van der Waals surface area contributed by atoms with E-state index in [4.69, 9.17) is 0 Å². The highest BCUT2D eigenvalue weighted by molar-refractivity contribution is 9.10. The molecule has 104 valence electrons. The van der Waals surface area contributed by atoms with E-state index >= 15 is 0 Å². The van der Waals surface area contributed by atoms with Crippen LogP contribution in [0.25, 0.3) is 0 Å². The number of nitrogens with one attached hydrogen (secondary N) is 1. The van der Waals surface area contributed by atoms with Crippen molar-refractivity contribution in [3.63, 3.8) is 0 Å². The molecular weight excluding hydrogens is 339 g/mol. The first kappa shape index (κ1) is 14.4. The van der Waals surface area contributed by atoms with Gasteiger partial charge in [0.25, 0.3) is 5.91 Å². The SMILES string of the molecule is O=C(Nc1cc(F)c(Br)cc1F)c1ccc(F)cc1O. The van der Waals surface area contributed by atoms with Gasteiger partial charge in [-0.25, -0.2) is 13.2 Å². The third-order valence-electron chi connectivity index (χ3n) is 2.46. The maximum Gasteiger partial charge on any atom is 0.259 e. The zero-order valence-electron chi connectivity index (χ0n) is 9.75. The quantitative estimate of drug-likeness (QED) is 0.813. The highest BCUT2D eigenvalue weighted by atomic mass is 79.9. The first-order valence-electron chi connectivity index (χ1n) is 5.33. The smallest absolute Gasteiger partial charge is 0.259 e. The molecule has 20 heavy (non-hydrogen) atoms. The molecule has 0 bridgehead atoms. The number of phenolic OH excluding ortho intramolecular Hbond substituents is 1. The van der Waals surface area contributed by atoms with Crippen LogP contribution < -0.4 is 5.32 Å². The van der Waals surface area contributed by atoms with E-state index in [0.717, 1.165) is 30.3 Å². The summed E-state index contributed by atoms with van der Waals surface area (Å²) < 4.78 is 39.5. The van der Waals surface area contributed by atoms with Crippen LogP contribution in [0.5, 0.6) is 5.75 Å². The number of rotatable bonds is 2. The number of hydrogen-bond donors (Lipinski definition) is 2. The Morgan fingerprint density at radius 3 is 2.45 bits per heavy atom. The van der Waals surface area contributed by atoms with Crippen molar-refractivity contribution in [3.8, 4) is 5.75 Å². The Balaban J connectivity index is 2.30. The van der Waals surface area contributed by atoms with Crippen molar-refractivity contribution < 1.29 is 23.1 Å². The molecule has 2 rings (SSSR count). The normalized spacial score (nSPS) is 10.4. The number of hydrogen-bond acceptors (Lipinski definition) is 2. The number of carbonyl (C=O) groups excluding carboxylic acids is 1. The van der Waals surface area contributed by atoms with Crippen molar-refractivity contribution in [1.82, 2.24) is 0 Å². The van der Waals surface area contributed by atoms with Gasteiger partial charge < -0.3 is 10.4 Å². The summed E-state index contributed by atoms with van der Waals surface area (Å²) in [6, 6.07) is 4.39. The summed E-state index contributed by atoms with van der Waals surface area (Å²) >= 11 is 2.80. The largest absolute Gasteiger partial charge is 0.507 e. The summed E-state index contributed by atoms with van der Waals surface area (Å²) in [6.07, 6.45) is 0. The molecule has 0 aromatic heterocycles. The number of amides is 1. The van der Waals surface area contributed by atoms with Crippen LogP contribution in [0.1, 0.15) is 10.4 Å². The zero-order valence-corrected chi connectivity index (χ0v) is 11.3. The average molecular weight is 346 g/mol. The van der Waals surface area contributed by atoms with Gasteiger partial charge in [0.15, 0.2) is 0 Å². The fourth-order valence-electron chi connectivity index (χ4n) is 1.50. The first-order valence-corrected chi connectivity index (χ1v) is 6.12. The van der Waals surface area contributed by atoms with Crippen molar-refractivity contribution in [2.24, 2.45) is 0 Å². The van der Waals surface area contributed by atoms with Crippen LogP contribution in [0.4, 0.5) is 18.9 Å². The van der Waals surface area contributed by atoms with Crippen molar-refractivity contribution in [2.75, 3.05) is 5.32 Å². The Bertz CT molecular complexity index is 692. The van der Waals surface area contributed by atoms with Crippen LogP contribution in [0, 0.1) is 17.5 Å². The molecule has 0 radical (unpaired) electrons. The third kappa shape index (κ3) is 2.93. The Morgan fingerprint density at radius 1 is 1.10 bits per heavy atom. The number of anilines is 1. The monoisotopic (exact) mass is 345 g/mol. The summed E-state index contributed by atoms with van der Waals surface area (Å²) in [4.78, 5) is 11.8. The van der Waals surface area contributed by atoms with E-state index in [9.17, 15) is 23.1 Å². The number of phenols is 1. The van der Waals surface area contributed by atoms with E-state index in [1.807, 2.05) is 0 Å². The standard InChI is InChI=1S/C13H7BrF3NO2/c14-8-4-10(17)11(5-9(8)16)18-13(20)7-2-1-6(15)3-12(7)19/h1-5,19H,(H,18,20). The molecular formula is C13H7BrF3NO2. The second kappa shape index (κ2) is 5.54. The van der Waals surface area contributed by atoms with Gasteiger partial charge in [0.1, 0.15) is 23.2 Å². The van der Waals surface area contributed by atoms with Gasteiger partial charge in [-0.2, -0.15) is 0 Å². The lowest BCUT2D eigenvalue weighted by Gasteiger charge is -2.08. The fraction of sp³-hybridized carbons (Fsp3) is 0. The van der Waals surface area contributed by atoms with Gasteiger partial charge in [0.05, 0.1) is 15.7 Å². The van der Waals surface area contributed by atoms with Gasteiger partial charge in [0, 0.05) is 12.1 Å². The van der Waals surface area contributed by atoms with E-state index < -0.39 is 29.1 Å². The summed E-state index contributed by atoms with van der Waals surface area (Å²) in [7, 11) is 0. The maximum atomic E-state index is 13.5. The van der Waals surface area contributed by atoms with E-state index in [2.05, 4.69) is 21.2 Å². The summed E-state index contributed by atoms with van der Waals surface area (Å²) in [6.45, 7) is 0. The van der Waals surface area contributed by atoms with Crippen molar-refractivity contribution in [1.29, 1.82) is 0 Å². The van der Waals surface area contributed by atoms with Crippen LogP contribution in [0.3, 0.4) is 0 Å². The number of aromatic hydroxyl groups is 1. The predicted octanol–water partition coefficient (Wildman–Crippen LogP) is 3.82. The van der Waals surface area contributed by atoms with Crippen LogP contribution in [-0.4, -0.2) is 11.0 Å². The van der Waals surface area contributed by atoms with Crippen LogP contribution in [0.2, 0.25) is 0 Å². The maximum absolute atomic E-state index is 13.5. The lowest BCUT2D eigenvalue weighted by atomic mass is 10.1. The van der Waals surface area contributed by atoms with E-state index in [-0.39, 0.29) is 15.7 Å². The molecule has 1 amide bonds. The second-order valence-corrected chi connectivity index (χ2v) is 4.72. The topological polar surface area (TPSA) is 49.3 Å². The molecule has 0 saturated heterocycles. The van der Waals surface area contributed by atoms with Crippen LogP contribution in [-0.2, 0) is 0 Å². The number of carbonyl (C=O) groups is 1. The van der Waals surface area contributed by atoms with E-state index in [1.165, 1.54) is 0 Å². The number of benzene rings is 2. The summed E-state index contributed by atoms with van der Waals surface area (Å²) in [5.74, 6) is -3.82. The van der Waals surface area contributed by atoms with Crippen LogP contribution in [0.15, 0.2) is 34.8 Å². The molecule has 0 aliphatic carbocycles. The minimum Gasteiger partial charge on any atom is -0.507 e. The molecule has 0 fully saturated rings. The Morgan fingerprint density at radius 2 is 1.80 bits per heavy atom. The second-order valence-electron chi connectivity index (χ2n) is 3.86. The van der Waals surface area contributed by atoms with E-state index in [0.29, 0.717) is 0 Å². The minimum atomic E-state index is -0.886. The molecule has 0 spiro atoms. The minimum absolute atomic E-state index is 0.0855. The lowest BCUT2D eigenvalue weighted by molar-refractivity contribution is 0.102. The first-order chi connectivity index (χ1) is 9.38. The van der Waals surface area contributed by atoms with Crippen molar-refractivity contribution in [3.05, 3.63) is 57.8 Å². The highest BCUT2D eigenvalue weighted by Crippen LogP contribution is 2.25. The third-order valence-corrected chi connectivity index (χ3v) is 3.07. The van der Waals surface area contributed by atoms with Gasteiger partial charge in [-0.1, -0.05) is 0 Å². The lowest BCUT2D eigenvalue weighted by Crippen LogP contribution is -2.13. The molecule has 0 heterocycles. The zero-order chi connectivity index (χ0) is 14.9. The Hall–Kier alpha value is -2.02. The van der Waals surface area contributed by atoms with Crippen LogP contribution >= 0.6 is 15.9 Å². The molecule has 0 aliphatic heterocycles. The molecule has 7 heteroatoms. The van der Waals surface area contributed by atoms with Gasteiger partial charge >= 0.3 is 0 Å². The molecule has 3 nitrogen and oxygen atoms in total. The molecule has 0 unspecified atom stereocenters. The van der Waals surface area contributed by atoms with Crippen molar-refractivity contribution in [2.45, 2.75) is 0 Å². The molecule has 2 aromatic rings. The van der Waals surface area contributed by atoms with Gasteiger partial charge in [0.2, 0.25) is 0 Å². The Labute approximate surface area is 120 Å². The average Bonchev–Trinajstić information content (AvgIpc) is 2.35. The highest BCUT2D eigenvalue weighted by Gasteiger charge is 2.15. The summed E-state index contributed by atoms with van der Waals surface area (Å²) in [5.41, 5.74) is -0.645. The predicted molar refractivity (Wildman–Crippen MR) is 70.1 cm³/mol. The van der Waals surface area contributed by atoms with Gasteiger partial charge in [-0.3, -0.25) is 4.79 Å². The molecule has 0 saturated carbocycles. The van der Waals surface area contributed by atoms with Gasteiger partial charge in [-0.05, 0) is 34.1 Å². The van der Waals surface area contributed by atoms with Crippen molar-refractivity contribution >= 4 is 27.5 Å². The number of halogens is 4. The molecule has 0 aliphatic rings. The molecule has 2 aromatic carbocycles. The fourth-order valence-corrected chi connectivity index (χ4v) is 1.82. The van der Waals surface area contributed by atoms with E-state index in [1.54, 1.807) is 0 Å². The molecule has 2 N–H and O–H groups in total. The Kier molecular flexibility index (Phi) is 3.99. The van der Waals surface area contributed by atoms with Gasteiger partial charge in [-0.15, -0.1) is 0 Å². The molecule has 0 atom stereocenters.